The Bertz CT molecular complexity index is 787. The second kappa shape index (κ2) is 8.22. The van der Waals surface area contributed by atoms with Crippen molar-refractivity contribution in [3.8, 4) is 11.5 Å². The van der Waals surface area contributed by atoms with Crippen LogP contribution in [-0.2, 0) is 4.79 Å². The van der Waals surface area contributed by atoms with Gasteiger partial charge in [0.2, 0.25) is 11.9 Å². The largest absolute Gasteiger partial charge is 0.497 e. The molecular formula is C19H24N4O4. The molecule has 0 radical (unpaired) electrons. The molecule has 2 aromatic rings. The Morgan fingerprint density at radius 3 is 2.74 bits per heavy atom. The van der Waals surface area contributed by atoms with Crippen LogP contribution in [0.2, 0.25) is 0 Å². The number of nitrogens with one attached hydrogen (secondary N) is 1. The van der Waals surface area contributed by atoms with Gasteiger partial charge >= 0.3 is 0 Å². The van der Waals surface area contributed by atoms with Crippen molar-refractivity contribution in [3.63, 3.8) is 0 Å². The van der Waals surface area contributed by atoms with Gasteiger partial charge in [-0.05, 0) is 31.0 Å². The van der Waals surface area contributed by atoms with E-state index >= 15 is 0 Å². The number of carbonyl (C=O) groups is 1. The molecule has 2 N–H and O–H groups in total. The number of ether oxygens (including phenoxy) is 2. The standard InChI is InChI=1S/C19H24N4O4/c1-26-14-4-5-16(27-2)15(12-14)22-17(25)19(7-11-24)6-10-23(13-19)18-20-8-3-9-21-18/h3-5,8-9,12,24H,6-7,10-11,13H2,1-2H3,(H,22,25). The summed E-state index contributed by atoms with van der Waals surface area (Å²) < 4.78 is 10.6. The molecule has 1 aliphatic rings. The highest BCUT2D eigenvalue weighted by atomic mass is 16.5. The summed E-state index contributed by atoms with van der Waals surface area (Å²) in [5.41, 5.74) is -0.198. The molecule has 1 atom stereocenters. The predicted octanol–water partition coefficient (Wildman–Crippen LogP) is 1.71. The lowest BCUT2D eigenvalue weighted by Crippen LogP contribution is -2.40. The summed E-state index contributed by atoms with van der Waals surface area (Å²) >= 11 is 0. The average molecular weight is 372 g/mol. The van der Waals surface area contributed by atoms with Crippen LogP contribution in [0, 0.1) is 5.41 Å². The predicted molar refractivity (Wildman–Crippen MR) is 101 cm³/mol. The zero-order valence-electron chi connectivity index (χ0n) is 15.5. The molecule has 27 heavy (non-hydrogen) atoms. The minimum Gasteiger partial charge on any atom is -0.497 e. The molecule has 8 nitrogen and oxygen atoms in total. The molecule has 1 amide bonds. The monoisotopic (exact) mass is 372 g/mol. The molecule has 2 heterocycles. The third kappa shape index (κ3) is 3.95. The second-order valence-electron chi connectivity index (χ2n) is 6.49. The van der Waals surface area contributed by atoms with Crippen LogP contribution >= 0.6 is 0 Å². The highest BCUT2D eigenvalue weighted by molar-refractivity contribution is 5.97. The van der Waals surface area contributed by atoms with E-state index in [0.29, 0.717) is 49.1 Å². The fourth-order valence-electron chi connectivity index (χ4n) is 3.38. The molecule has 0 bridgehead atoms. The summed E-state index contributed by atoms with van der Waals surface area (Å²) in [4.78, 5) is 23.7. The number of benzene rings is 1. The Kier molecular flexibility index (Phi) is 5.75. The smallest absolute Gasteiger partial charge is 0.232 e. The number of rotatable bonds is 7. The van der Waals surface area contributed by atoms with Crippen molar-refractivity contribution in [1.29, 1.82) is 0 Å². The number of aliphatic hydroxyl groups is 1. The van der Waals surface area contributed by atoms with Crippen LogP contribution in [0.5, 0.6) is 11.5 Å². The van der Waals surface area contributed by atoms with Gasteiger partial charge in [-0.15, -0.1) is 0 Å². The van der Waals surface area contributed by atoms with E-state index in [9.17, 15) is 9.90 Å². The Hall–Kier alpha value is -2.87. The van der Waals surface area contributed by atoms with Crippen LogP contribution in [0.4, 0.5) is 11.6 Å². The van der Waals surface area contributed by atoms with Gasteiger partial charge in [0, 0.05) is 38.2 Å². The molecule has 1 aromatic heterocycles. The molecule has 1 saturated heterocycles. The minimum atomic E-state index is -0.734. The fraction of sp³-hybridized carbons (Fsp3) is 0.421. The maximum Gasteiger partial charge on any atom is 0.232 e. The molecule has 1 fully saturated rings. The minimum absolute atomic E-state index is 0.0772. The van der Waals surface area contributed by atoms with Crippen molar-refractivity contribution >= 4 is 17.5 Å². The van der Waals surface area contributed by atoms with E-state index in [0.717, 1.165) is 0 Å². The number of nitrogens with zero attached hydrogens (tertiary/aromatic N) is 3. The van der Waals surface area contributed by atoms with Gasteiger partial charge in [0.15, 0.2) is 0 Å². The maximum absolute atomic E-state index is 13.2. The molecule has 8 heteroatoms. The Labute approximate surface area is 158 Å². The van der Waals surface area contributed by atoms with Gasteiger partial charge in [-0.1, -0.05) is 0 Å². The molecule has 1 aromatic carbocycles. The molecule has 1 unspecified atom stereocenters. The van der Waals surface area contributed by atoms with Gasteiger partial charge in [0.05, 0.1) is 25.3 Å². The molecular weight excluding hydrogens is 348 g/mol. The number of amides is 1. The molecule has 0 aliphatic carbocycles. The average Bonchev–Trinajstić information content (AvgIpc) is 3.14. The lowest BCUT2D eigenvalue weighted by molar-refractivity contribution is -0.125. The van der Waals surface area contributed by atoms with Gasteiger partial charge in [0.1, 0.15) is 11.5 Å². The van der Waals surface area contributed by atoms with E-state index in [1.807, 2.05) is 4.90 Å². The number of aromatic nitrogens is 2. The molecule has 1 aliphatic heterocycles. The number of aliphatic hydroxyl groups excluding tert-OH is 1. The van der Waals surface area contributed by atoms with Crippen molar-refractivity contribution in [3.05, 3.63) is 36.7 Å². The molecule has 3 rings (SSSR count). The van der Waals surface area contributed by atoms with Gasteiger partial charge in [0.25, 0.3) is 0 Å². The SMILES string of the molecule is COc1ccc(OC)c(NC(=O)C2(CCO)CCN(c3ncccn3)C2)c1. The summed E-state index contributed by atoms with van der Waals surface area (Å²) in [6, 6.07) is 6.98. The normalized spacial score (nSPS) is 19.0. The zero-order chi connectivity index (χ0) is 19.3. The summed E-state index contributed by atoms with van der Waals surface area (Å²) in [5.74, 6) is 1.59. The summed E-state index contributed by atoms with van der Waals surface area (Å²) in [6.45, 7) is 1.01. The second-order valence-corrected chi connectivity index (χ2v) is 6.49. The number of methoxy groups -OCH3 is 2. The summed E-state index contributed by atoms with van der Waals surface area (Å²) in [6.07, 6.45) is 4.31. The van der Waals surface area contributed by atoms with E-state index < -0.39 is 5.41 Å². The summed E-state index contributed by atoms with van der Waals surface area (Å²) in [5, 5.41) is 12.5. The van der Waals surface area contributed by atoms with Crippen LogP contribution in [0.1, 0.15) is 12.8 Å². The number of hydrogen-bond acceptors (Lipinski definition) is 7. The van der Waals surface area contributed by atoms with Crippen LogP contribution in [0.3, 0.4) is 0 Å². The van der Waals surface area contributed by atoms with Crippen molar-refractivity contribution in [2.24, 2.45) is 5.41 Å². The maximum atomic E-state index is 13.2. The van der Waals surface area contributed by atoms with Crippen LogP contribution < -0.4 is 19.7 Å². The first-order valence-electron chi connectivity index (χ1n) is 8.78. The highest BCUT2D eigenvalue weighted by Gasteiger charge is 2.45. The Balaban J connectivity index is 1.82. The highest BCUT2D eigenvalue weighted by Crippen LogP contribution is 2.38. The number of carbonyl (C=O) groups excluding carboxylic acids is 1. The van der Waals surface area contributed by atoms with E-state index in [2.05, 4.69) is 15.3 Å². The van der Waals surface area contributed by atoms with Crippen molar-refractivity contribution < 1.29 is 19.4 Å². The number of hydrogen-bond donors (Lipinski definition) is 2. The molecule has 0 spiro atoms. The van der Waals surface area contributed by atoms with Crippen molar-refractivity contribution in [2.75, 3.05) is 44.1 Å². The van der Waals surface area contributed by atoms with Crippen LogP contribution in [-0.4, -0.2) is 54.9 Å². The van der Waals surface area contributed by atoms with Gasteiger partial charge < -0.3 is 24.8 Å². The lowest BCUT2D eigenvalue weighted by Gasteiger charge is -2.28. The fourth-order valence-corrected chi connectivity index (χ4v) is 3.38. The first-order chi connectivity index (χ1) is 13.1. The van der Waals surface area contributed by atoms with E-state index in [1.54, 1.807) is 50.9 Å². The first kappa shape index (κ1) is 18.9. The number of anilines is 2. The van der Waals surface area contributed by atoms with Crippen molar-refractivity contribution in [1.82, 2.24) is 9.97 Å². The van der Waals surface area contributed by atoms with E-state index in [-0.39, 0.29) is 12.5 Å². The third-order valence-corrected chi connectivity index (χ3v) is 4.92. The first-order valence-corrected chi connectivity index (χ1v) is 8.78. The van der Waals surface area contributed by atoms with E-state index in [1.165, 1.54) is 0 Å². The van der Waals surface area contributed by atoms with Gasteiger partial charge in [-0.2, -0.15) is 0 Å². The quantitative estimate of drug-likeness (QED) is 0.764. The molecule has 0 saturated carbocycles. The van der Waals surface area contributed by atoms with Crippen LogP contribution in [0.25, 0.3) is 0 Å². The third-order valence-electron chi connectivity index (χ3n) is 4.92. The Morgan fingerprint density at radius 1 is 1.30 bits per heavy atom. The topological polar surface area (TPSA) is 96.8 Å². The molecule has 144 valence electrons. The Morgan fingerprint density at radius 2 is 2.07 bits per heavy atom. The summed E-state index contributed by atoms with van der Waals surface area (Å²) in [7, 11) is 3.11. The zero-order valence-corrected chi connectivity index (χ0v) is 15.5. The van der Waals surface area contributed by atoms with E-state index in [4.69, 9.17) is 9.47 Å². The van der Waals surface area contributed by atoms with Gasteiger partial charge in [-0.25, -0.2) is 9.97 Å². The van der Waals surface area contributed by atoms with Crippen molar-refractivity contribution in [2.45, 2.75) is 12.8 Å². The van der Waals surface area contributed by atoms with Gasteiger partial charge in [-0.3, -0.25) is 4.79 Å². The van der Waals surface area contributed by atoms with Crippen LogP contribution in [0.15, 0.2) is 36.7 Å². The lowest BCUT2D eigenvalue weighted by atomic mass is 9.82.